The molecule has 1 aromatic carbocycles. The van der Waals surface area contributed by atoms with Crippen molar-refractivity contribution in [3.8, 4) is 5.75 Å². The summed E-state index contributed by atoms with van der Waals surface area (Å²) >= 11 is 0. The minimum absolute atomic E-state index is 0.0648. The lowest BCUT2D eigenvalue weighted by Crippen LogP contribution is -2.36. The second kappa shape index (κ2) is 9.96. The van der Waals surface area contributed by atoms with Crippen molar-refractivity contribution in [3.05, 3.63) is 42.4 Å². The fourth-order valence-electron chi connectivity index (χ4n) is 1.65. The summed E-state index contributed by atoms with van der Waals surface area (Å²) in [6.07, 6.45) is 2.45. The highest BCUT2D eigenvalue weighted by molar-refractivity contribution is 6.02. The van der Waals surface area contributed by atoms with Gasteiger partial charge in [0.15, 0.2) is 12.0 Å². The Kier molecular flexibility index (Phi) is 8.28. The number of rotatable bonds is 11. The molecule has 0 saturated carbocycles. The second-order valence-electron chi connectivity index (χ2n) is 4.97. The zero-order valence-electron chi connectivity index (χ0n) is 13.2. The molecule has 0 heterocycles. The molecule has 0 aliphatic heterocycles. The molecule has 7 nitrogen and oxygen atoms in total. The average Bonchev–Trinajstić information content (AvgIpc) is 2.56. The minimum Gasteiger partial charge on any atom is -0.462 e. The number of aliphatic hydroxyl groups excluding tert-OH is 2. The summed E-state index contributed by atoms with van der Waals surface area (Å²) < 4.78 is 10.6. The quantitative estimate of drug-likeness (QED) is 0.209. The molecular formula is C16H22O7. The molecule has 0 aromatic heterocycles. The van der Waals surface area contributed by atoms with E-state index in [1.54, 1.807) is 38.1 Å². The van der Waals surface area contributed by atoms with E-state index in [0.717, 1.165) is 0 Å². The number of Topliss-reactive ketones (excluding diaryl/α,β-unsaturated/α-hetero) is 1. The third kappa shape index (κ3) is 6.79. The van der Waals surface area contributed by atoms with Gasteiger partial charge in [0.1, 0.15) is 24.2 Å². The maximum atomic E-state index is 12.3. The van der Waals surface area contributed by atoms with Crippen molar-refractivity contribution in [2.75, 3.05) is 26.4 Å². The Morgan fingerprint density at radius 3 is 2.35 bits per heavy atom. The van der Waals surface area contributed by atoms with Crippen LogP contribution in [0.5, 0.6) is 5.75 Å². The Bertz CT molecular complexity index is 494. The fraction of sp³-hybridized carbons (Fsp3) is 0.438. The smallest absolute Gasteiger partial charge is 0.194 e. The van der Waals surface area contributed by atoms with Crippen LogP contribution in [0.15, 0.2) is 36.8 Å². The highest BCUT2D eigenvalue weighted by Gasteiger charge is 2.29. The van der Waals surface area contributed by atoms with Gasteiger partial charge in [0.2, 0.25) is 0 Å². The third-order valence-corrected chi connectivity index (χ3v) is 2.78. The molecule has 0 amide bonds. The lowest BCUT2D eigenvalue weighted by atomic mass is 9.96. The molecule has 0 radical (unpaired) electrons. The van der Waals surface area contributed by atoms with E-state index < -0.39 is 5.60 Å². The molecule has 0 aliphatic rings. The zero-order chi connectivity index (χ0) is 17.1. The number of ketones is 1. The first-order valence-electron chi connectivity index (χ1n) is 7.11. The van der Waals surface area contributed by atoms with Gasteiger partial charge in [0.05, 0.1) is 19.8 Å². The highest BCUT2D eigenvalue weighted by atomic mass is 17.2. The molecule has 2 N–H and O–H groups in total. The van der Waals surface area contributed by atoms with E-state index >= 15 is 0 Å². The Morgan fingerprint density at radius 2 is 1.74 bits per heavy atom. The second-order valence-corrected chi connectivity index (χ2v) is 4.97. The predicted octanol–water partition coefficient (Wildman–Crippen LogP) is 1.45. The zero-order valence-corrected chi connectivity index (χ0v) is 13.2. The molecule has 0 unspecified atom stereocenters. The topological polar surface area (TPSA) is 94.5 Å². The molecule has 1 aromatic rings. The minimum atomic E-state index is -1.01. The van der Waals surface area contributed by atoms with Gasteiger partial charge in [-0.3, -0.25) is 4.79 Å². The van der Waals surface area contributed by atoms with Crippen molar-refractivity contribution in [1.29, 1.82) is 0 Å². The van der Waals surface area contributed by atoms with Crippen LogP contribution in [-0.4, -0.2) is 48.0 Å². The standard InChI is InChI=1S/C16H22O7/c1-16(2,21-9-7-17)15(19)13-3-5-14(6-4-13)20-11-12-23-22-10-8-18/h3-6,11-12,17-18H,7-10H2,1-2H3. The van der Waals surface area contributed by atoms with Gasteiger partial charge >= 0.3 is 0 Å². The van der Waals surface area contributed by atoms with Crippen molar-refractivity contribution < 1.29 is 34.3 Å². The normalized spacial score (nSPS) is 11.7. The van der Waals surface area contributed by atoms with Gasteiger partial charge in [-0.1, -0.05) is 0 Å². The summed E-state index contributed by atoms with van der Waals surface area (Å²) in [5, 5.41) is 17.2. The predicted molar refractivity (Wildman–Crippen MR) is 81.8 cm³/mol. The number of aliphatic hydroxyl groups is 2. The summed E-state index contributed by atoms with van der Waals surface area (Å²) in [7, 11) is 0. The molecule has 0 saturated heterocycles. The van der Waals surface area contributed by atoms with Gasteiger partial charge in [-0.2, -0.15) is 4.89 Å². The summed E-state index contributed by atoms with van der Waals surface area (Å²) in [4.78, 5) is 21.5. The Labute approximate surface area is 135 Å². The van der Waals surface area contributed by atoms with Crippen LogP contribution in [0, 0.1) is 0 Å². The number of benzene rings is 1. The van der Waals surface area contributed by atoms with Crippen molar-refractivity contribution in [2.24, 2.45) is 0 Å². The first-order chi connectivity index (χ1) is 11.0. The van der Waals surface area contributed by atoms with Crippen LogP contribution in [0.1, 0.15) is 24.2 Å². The fourth-order valence-corrected chi connectivity index (χ4v) is 1.65. The molecule has 23 heavy (non-hydrogen) atoms. The largest absolute Gasteiger partial charge is 0.462 e. The third-order valence-electron chi connectivity index (χ3n) is 2.78. The molecule has 0 aliphatic carbocycles. The van der Waals surface area contributed by atoms with E-state index in [9.17, 15) is 4.79 Å². The van der Waals surface area contributed by atoms with Gasteiger partial charge in [-0.15, -0.1) is 0 Å². The SMILES string of the molecule is CC(C)(OCCO)C(=O)c1ccc(OC=COOCCO)cc1. The first kappa shape index (κ1) is 19.1. The van der Waals surface area contributed by atoms with Crippen LogP contribution in [0.25, 0.3) is 0 Å². The van der Waals surface area contributed by atoms with Crippen molar-refractivity contribution in [3.63, 3.8) is 0 Å². The van der Waals surface area contributed by atoms with Crippen molar-refractivity contribution in [1.82, 2.24) is 0 Å². The molecule has 128 valence electrons. The average molecular weight is 326 g/mol. The Morgan fingerprint density at radius 1 is 1.09 bits per heavy atom. The number of hydrogen-bond donors (Lipinski definition) is 2. The molecule has 1 rings (SSSR count). The summed E-state index contributed by atoms with van der Waals surface area (Å²) in [5.74, 6) is 0.325. The van der Waals surface area contributed by atoms with Gasteiger partial charge < -0.3 is 24.6 Å². The highest BCUT2D eigenvalue weighted by Crippen LogP contribution is 2.20. The Hall–Kier alpha value is -1.93. The maximum absolute atomic E-state index is 12.3. The van der Waals surface area contributed by atoms with E-state index in [4.69, 9.17) is 19.7 Å². The van der Waals surface area contributed by atoms with Crippen LogP contribution in [0.4, 0.5) is 0 Å². The summed E-state index contributed by atoms with van der Waals surface area (Å²) in [6, 6.07) is 6.51. The van der Waals surface area contributed by atoms with Gasteiger partial charge in [-0.05, 0) is 38.1 Å². The number of ether oxygens (including phenoxy) is 2. The van der Waals surface area contributed by atoms with Gasteiger partial charge in [-0.25, -0.2) is 0 Å². The van der Waals surface area contributed by atoms with Crippen molar-refractivity contribution in [2.45, 2.75) is 19.4 Å². The summed E-state index contributed by atoms with van der Waals surface area (Å²) in [6.45, 7) is 3.20. The van der Waals surface area contributed by atoms with Crippen LogP contribution in [0.3, 0.4) is 0 Å². The Balaban J connectivity index is 2.54. The first-order valence-corrected chi connectivity index (χ1v) is 7.11. The van der Waals surface area contributed by atoms with Gasteiger partial charge in [0, 0.05) is 5.56 Å². The molecule has 7 heteroatoms. The number of hydrogen-bond acceptors (Lipinski definition) is 7. The maximum Gasteiger partial charge on any atom is 0.194 e. The van der Waals surface area contributed by atoms with Crippen LogP contribution >= 0.6 is 0 Å². The lowest BCUT2D eigenvalue weighted by Gasteiger charge is -2.23. The molecule has 0 bridgehead atoms. The van der Waals surface area contributed by atoms with Crippen LogP contribution in [0.2, 0.25) is 0 Å². The molecule has 0 atom stereocenters. The monoisotopic (exact) mass is 326 g/mol. The summed E-state index contributed by atoms with van der Waals surface area (Å²) in [5.41, 5.74) is -0.533. The van der Waals surface area contributed by atoms with Crippen LogP contribution in [-0.2, 0) is 14.5 Å². The number of carbonyl (C=O) groups is 1. The van der Waals surface area contributed by atoms with E-state index in [1.165, 1.54) is 12.5 Å². The molecule has 0 fully saturated rings. The van der Waals surface area contributed by atoms with E-state index in [0.29, 0.717) is 11.3 Å². The van der Waals surface area contributed by atoms with Crippen LogP contribution < -0.4 is 4.74 Å². The molecule has 0 spiro atoms. The van der Waals surface area contributed by atoms with E-state index in [2.05, 4.69) is 9.78 Å². The van der Waals surface area contributed by atoms with E-state index in [1.807, 2.05) is 0 Å². The lowest BCUT2D eigenvalue weighted by molar-refractivity contribution is -0.253. The van der Waals surface area contributed by atoms with Crippen molar-refractivity contribution >= 4 is 5.78 Å². The molecular weight excluding hydrogens is 304 g/mol. The van der Waals surface area contributed by atoms with Gasteiger partial charge in [0.25, 0.3) is 0 Å². The number of carbonyl (C=O) groups excluding carboxylic acids is 1. The van der Waals surface area contributed by atoms with E-state index in [-0.39, 0.29) is 32.2 Å².